The Morgan fingerprint density at radius 2 is 2.25 bits per heavy atom. The lowest BCUT2D eigenvalue weighted by molar-refractivity contribution is 0.0686. The van der Waals surface area contributed by atoms with E-state index < -0.39 is 12.3 Å². The van der Waals surface area contributed by atoms with E-state index in [2.05, 4.69) is 4.98 Å². The molecular formula is C11H15F2N3. The minimum Gasteiger partial charge on any atom is -0.397 e. The van der Waals surface area contributed by atoms with Crippen LogP contribution < -0.4 is 10.6 Å². The first kappa shape index (κ1) is 11.1. The van der Waals surface area contributed by atoms with E-state index in [1.165, 1.54) is 0 Å². The van der Waals surface area contributed by atoms with Crippen LogP contribution in [0.4, 0.5) is 20.3 Å². The largest absolute Gasteiger partial charge is 0.397 e. The quantitative estimate of drug-likeness (QED) is 0.841. The molecule has 2 rings (SSSR count). The fourth-order valence-corrected chi connectivity index (χ4v) is 2.01. The average molecular weight is 227 g/mol. The molecule has 1 aromatic heterocycles. The number of aromatic nitrogens is 1. The Kier molecular flexibility index (Phi) is 3.22. The molecule has 0 saturated carbocycles. The Hall–Kier alpha value is -1.39. The van der Waals surface area contributed by atoms with Gasteiger partial charge in [-0.15, -0.1) is 0 Å². The molecule has 0 aromatic carbocycles. The summed E-state index contributed by atoms with van der Waals surface area (Å²) < 4.78 is 25.2. The maximum Gasteiger partial charge on any atom is 0.243 e. The van der Waals surface area contributed by atoms with Crippen LogP contribution in [0.5, 0.6) is 0 Å². The van der Waals surface area contributed by atoms with Crippen molar-refractivity contribution in [2.45, 2.75) is 19.3 Å². The van der Waals surface area contributed by atoms with Gasteiger partial charge in [0.2, 0.25) is 6.43 Å². The summed E-state index contributed by atoms with van der Waals surface area (Å²) >= 11 is 0. The number of nitrogen functional groups attached to an aromatic ring is 1. The van der Waals surface area contributed by atoms with Crippen molar-refractivity contribution in [3.8, 4) is 0 Å². The van der Waals surface area contributed by atoms with E-state index in [9.17, 15) is 8.78 Å². The standard InChI is InChI=1S/C11H15F2N3/c12-11(13)8-2-1-5-16(7-8)10-4-3-9(14)6-15-10/h3-4,6,8,11H,1-2,5,7,14H2/t8-/m1/s1. The zero-order valence-electron chi connectivity index (χ0n) is 8.94. The molecule has 88 valence electrons. The molecule has 5 heteroatoms. The third-order valence-electron chi connectivity index (χ3n) is 2.91. The highest BCUT2D eigenvalue weighted by molar-refractivity contribution is 5.46. The van der Waals surface area contributed by atoms with Crippen molar-refractivity contribution in [1.29, 1.82) is 0 Å². The van der Waals surface area contributed by atoms with Crippen LogP contribution >= 0.6 is 0 Å². The molecule has 0 spiro atoms. The second-order valence-electron chi connectivity index (χ2n) is 4.13. The molecule has 1 fully saturated rings. The lowest BCUT2D eigenvalue weighted by atomic mass is 9.98. The molecule has 1 aliphatic heterocycles. The Balaban J connectivity index is 2.06. The van der Waals surface area contributed by atoms with Crippen LogP contribution in [0.1, 0.15) is 12.8 Å². The summed E-state index contributed by atoms with van der Waals surface area (Å²) in [6.45, 7) is 1.18. The minimum atomic E-state index is -2.24. The predicted molar refractivity (Wildman–Crippen MR) is 59.6 cm³/mol. The molecule has 2 N–H and O–H groups in total. The van der Waals surface area contributed by atoms with E-state index in [0.29, 0.717) is 18.7 Å². The molecule has 0 radical (unpaired) electrons. The summed E-state index contributed by atoms with van der Waals surface area (Å²) in [5, 5.41) is 0. The molecular weight excluding hydrogens is 212 g/mol. The summed E-state index contributed by atoms with van der Waals surface area (Å²) in [6.07, 6.45) is 0.711. The maximum atomic E-state index is 12.6. The number of hydrogen-bond acceptors (Lipinski definition) is 3. The van der Waals surface area contributed by atoms with Gasteiger partial charge in [-0.25, -0.2) is 13.8 Å². The Morgan fingerprint density at radius 3 is 2.88 bits per heavy atom. The topological polar surface area (TPSA) is 42.1 Å². The van der Waals surface area contributed by atoms with Gasteiger partial charge in [-0.1, -0.05) is 0 Å². The van der Waals surface area contributed by atoms with Crippen molar-refractivity contribution in [2.24, 2.45) is 5.92 Å². The van der Waals surface area contributed by atoms with Gasteiger partial charge in [0.05, 0.1) is 11.9 Å². The highest BCUT2D eigenvalue weighted by Gasteiger charge is 2.27. The molecule has 0 amide bonds. The molecule has 1 atom stereocenters. The summed E-state index contributed by atoms with van der Waals surface area (Å²) in [5.74, 6) is 0.202. The highest BCUT2D eigenvalue weighted by atomic mass is 19.3. The lowest BCUT2D eigenvalue weighted by Crippen LogP contribution is -2.38. The number of nitrogens with zero attached hydrogens (tertiary/aromatic N) is 2. The summed E-state index contributed by atoms with van der Waals surface area (Å²) in [6, 6.07) is 3.53. The van der Waals surface area contributed by atoms with E-state index >= 15 is 0 Å². The van der Waals surface area contributed by atoms with E-state index in [1.807, 2.05) is 4.90 Å². The summed E-state index contributed by atoms with van der Waals surface area (Å²) in [7, 11) is 0. The number of alkyl halides is 2. The fourth-order valence-electron chi connectivity index (χ4n) is 2.01. The van der Waals surface area contributed by atoms with Gasteiger partial charge in [0.1, 0.15) is 5.82 Å². The number of pyridine rings is 1. The predicted octanol–water partition coefficient (Wildman–Crippen LogP) is 2.15. The molecule has 0 bridgehead atoms. The second kappa shape index (κ2) is 4.63. The molecule has 0 unspecified atom stereocenters. The Morgan fingerprint density at radius 1 is 1.44 bits per heavy atom. The Labute approximate surface area is 93.3 Å². The fraction of sp³-hybridized carbons (Fsp3) is 0.545. The van der Waals surface area contributed by atoms with Gasteiger partial charge in [0, 0.05) is 19.0 Å². The van der Waals surface area contributed by atoms with E-state index in [4.69, 9.17) is 5.73 Å². The van der Waals surface area contributed by atoms with Gasteiger partial charge in [0.15, 0.2) is 0 Å². The number of rotatable bonds is 2. The van der Waals surface area contributed by atoms with Crippen molar-refractivity contribution < 1.29 is 8.78 Å². The van der Waals surface area contributed by atoms with E-state index in [0.717, 1.165) is 18.8 Å². The van der Waals surface area contributed by atoms with E-state index in [1.54, 1.807) is 18.3 Å². The van der Waals surface area contributed by atoms with Crippen LogP contribution in [0, 0.1) is 5.92 Å². The molecule has 1 aliphatic rings. The second-order valence-corrected chi connectivity index (χ2v) is 4.13. The smallest absolute Gasteiger partial charge is 0.243 e. The number of nitrogens with two attached hydrogens (primary N) is 1. The van der Waals surface area contributed by atoms with Crippen LogP contribution in [0.15, 0.2) is 18.3 Å². The van der Waals surface area contributed by atoms with Crippen LogP contribution in [-0.2, 0) is 0 Å². The molecule has 2 heterocycles. The van der Waals surface area contributed by atoms with Crippen molar-refractivity contribution in [1.82, 2.24) is 4.98 Å². The number of hydrogen-bond donors (Lipinski definition) is 1. The first-order valence-corrected chi connectivity index (χ1v) is 5.41. The van der Waals surface area contributed by atoms with Crippen LogP contribution in [0.25, 0.3) is 0 Å². The Bertz CT molecular complexity index is 340. The zero-order chi connectivity index (χ0) is 11.5. The number of halogens is 2. The molecule has 3 nitrogen and oxygen atoms in total. The minimum absolute atomic E-state index is 0.384. The van der Waals surface area contributed by atoms with Crippen molar-refractivity contribution in [2.75, 3.05) is 23.7 Å². The van der Waals surface area contributed by atoms with Crippen molar-refractivity contribution in [3.05, 3.63) is 18.3 Å². The van der Waals surface area contributed by atoms with Crippen molar-refractivity contribution in [3.63, 3.8) is 0 Å². The normalized spacial score (nSPS) is 21.4. The molecule has 1 saturated heterocycles. The maximum absolute atomic E-state index is 12.6. The zero-order valence-corrected chi connectivity index (χ0v) is 8.94. The average Bonchev–Trinajstić information content (AvgIpc) is 2.30. The molecule has 16 heavy (non-hydrogen) atoms. The lowest BCUT2D eigenvalue weighted by Gasteiger charge is -2.33. The van der Waals surface area contributed by atoms with Crippen LogP contribution in [0.2, 0.25) is 0 Å². The summed E-state index contributed by atoms with van der Waals surface area (Å²) in [5.41, 5.74) is 6.12. The highest BCUT2D eigenvalue weighted by Crippen LogP contribution is 2.25. The monoisotopic (exact) mass is 227 g/mol. The number of piperidine rings is 1. The van der Waals surface area contributed by atoms with Gasteiger partial charge < -0.3 is 10.6 Å². The van der Waals surface area contributed by atoms with E-state index in [-0.39, 0.29) is 0 Å². The van der Waals surface area contributed by atoms with Gasteiger partial charge >= 0.3 is 0 Å². The van der Waals surface area contributed by atoms with Gasteiger partial charge in [-0.05, 0) is 25.0 Å². The molecule has 0 aliphatic carbocycles. The van der Waals surface area contributed by atoms with Crippen LogP contribution in [-0.4, -0.2) is 24.5 Å². The van der Waals surface area contributed by atoms with Gasteiger partial charge in [-0.3, -0.25) is 0 Å². The first-order chi connectivity index (χ1) is 7.66. The van der Waals surface area contributed by atoms with Crippen LogP contribution in [0.3, 0.4) is 0 Å². The third-order valence-corrected chi connectivity index (χ3v) is 2.91. The third kappa shape index (κ3) is 2.40. The van der Waals surface area contributed by atoms with Crippen molar-refractivity contribution >= 4 is 11.5 Å². The molecule has 1 aromatic rings. The van der Waals surface area contributed by atoms with Gasteiger partial charge in [0.25, 0.3) is 0 Å². The first-order valence-electron chi connectivity index (χ1n) is 5.41. The van der Waals surface area contributed by atoms with Gasteiger partial charge in [-0.2, -0.15) is 0 Å². The SMILES string of the molecule is Nc1ccc(N2CCC[C@@H](C(F)F)C2)nc1. The number of anilines is 2. The summed E-state index contributed by atoms with van der Waals surface area (Å²) in [4.78, 5) is 6.05.